The summed E-state index contributed by atoms with van der Waals surface area (Å²) in [6, 6.07) is 2.73. The molecule has 1 fully saturated rings. The predicted molar refractivity (Wildman–Crippen MR) is 77.4 cm³/mol. The first-order valence-electron chi connectivity index (χ1n) is 6.64. The topological polar surface area (TPSA) is 109 Å². The van der Waals surface area contributed by atoms with E-state index in [1.807, 2.05) is 0 Å². The summed E-state index contributed by atoms with van der Waals surface area (Å²) in [6.07, 6.45) is 2.25. The van der Waals surface area contributed by atoms with Crippen LogP contribution in [0, 0.1) is 16.0 Å². The Morgan fingerprint density at radius 2 is 2.10 bits per heavy atom. The van der Waals surface area contributed by atoms with E-state index >= 15 is 0 Å². The lowest BCUT2D eigenvalue weighted by atomic mass is 9.97. The van der Waals surface area contributed by atoms with Crippen LogP contribution in [0.15, 0.2) is 12.1 Å². The Bertz CT molecular complexity index is 473. The number of nitrogens with zero attached hydrogens (tertiary/aromatic N) is 3. The van der Waals surface area contributed by atoms with Gasteiger partial charge in [-0.3, -0.25) is 10.1 Å². The fourth-order valence-corrected chi connectivity index (χ4v) is 2.30. The van der Waals surface area contributed by atoms with Crippen LogP contribution in [0.2, 0.25) is 0 Å². The third-order valence-corrected chi connectivity index (χ3v) is 3.58. The normalized spacial score (nSPS) is 16.9. The van der Waals surface area contributed by atoms with Crippen LogP contribution in [-0.2, 0) is 0 Å². The predicted octanol–water partition coefficient (Wildman–Crippen LogP) is 1.03. The van der Waals surface area contributed by atoms with Crippen molar-refractivity contribution in [3.8, 4) is 0 Å². The maximum Gasteiger partial charge on any atom is 0.276 e. The van der Waals surface area contributed by atoms with Gasteiger partial charge in [0.05, 0.1) is 17.1 Å². The van der Waals surface area contributed by atoms with Gasteiger partial charge in [0, 0.05) is 6.54 Å². The second-order valence-electron chi connectivity index (χ2n) is 5.12. The Labute approximate surface area is 117 Å². The number of hydrazine groups is 1. The molecule has 1 aliphatic rings. The lowest BCUT2D eigenvalue weighted by Gasteiger charge is -2.29. The van der Waals surface area contributed by atoms with Crippen molar-refractivity contribution in [2.75, 3.05) is 37.4 Å². The first-order valence-corrected chi connectivity index (χ1v) is 6.64. The lowest BCUT2D eigenvalue weighted by Crippen LogP contribution is -2.33. The largest absolute Gasteiger partial charge is 0.370 e. The summed E-state index contributed by atoms with van der Waals surface area (Å²) >= 11 is 0. The maximum absolute atomic E-state index is 10.8. The number of nitrogen functional groups attached to an aromatic ring is 1. The fourth-order valence-electron chi connectivity index (χ4n) is 2.30. The van der Waals surface area contributed by atoms with E-state index in [4.69, 9.17) is 5.84 Å². The Morgan fingerprint density at radius 3 is 2.70 bits per heavy atom. The van der Waals surface area contributed by atoms with Crippen LogP contribution in [0.25, 0.3) is 0 Å². The monoisotopic (exact) mass is 280 g/mol. The maximum atomic E-state index is 10.8. The zero-order valence-corrected chi connectivity index (χ0v) is 11.5. The molecule has 0 aromatic carbocycles. The molecule has 1 saturated heterocycles. The molecule has 8 heteroatoms. The fraction of sp³-hybridized carbons (Fsp3) is 0.583. The van der Waals surface area contributed by atoms with Crippen molar-refractivity contribution in [3.05, 3.63) is 22.2 Å². The Balaban J connectivity index is 1.98. The van der Waals surface area contributed by atoms with Crippen LogP contribution in [0.5, 0.6) is 0 Å². The third-order valence-electron chi connectivity index (χ3n) is 3.58. The highest BCUT2D eigenvalue weighted by Crippen LogP contribution is 2.21. The number of rotatable bonds is 5. The van der Waals surface area contributed by atoms with Gasteiger partial charge in [0.1, 0.15) is 11.6 Å². The molecule has 0 bridgehead atoms. The second kappa shape index (κ2) is 6.49. The van der Waals surface area contributed by atoms with Gasteiger partial charge >= 0.3 is 0 Å². The minimum atomic E-state index is -0.455. The molecule has 4 N–H and O–H groups in total. The van der Waals surface area contributed by atoms with E-state index in [0.29, 0.717) is 11.7 Å². The first-order chi connectivity index (χ1) is 9.58. The molecule has 20 heavy (non-hydrogen) atoms. The van der Waals surface area contributed by atoms with Crippen molar-refractivity contribution in [2.24, 2.45) is 11.8 Å². The zero-order chi connectivity index (χ0) is 14.5. The van der Waals surface area contributed by atoms with Crippen molar-refractivity contribution in [2.45, 2.75) is 12.8 Å². The van der Waals surface area contributed by atoms with Gasteiger partial charge in [-0.2, -0.15) is 0 Å². The van der Waals surface area contributed by atoms with Gasteiger partial charge < -0.3 is 15.6 Å². The summed E-state index contributed by atoms with van der Waals surface area (Å²) in [6.45, 7) is 2.95. The number of likely N-dealkylation sites (tertiary alicyclic amines) is 1. The summed E-state index contributed by atoms with van der Waals surface area (Å²) in [4.78, 5) is 16.9. The minimum Gasteiger partial charge on any atom is -0.370 e. The zero-order valence-electron chi connectivity index (χ0n) is 11.5. The average Bonchev–Trinajstić information content (AvgIpc) is 2.46. The van der Waals surface area contributed by atoms with Crippen LogP contribution >= 0.6 is 0 Å². The highest BCUT2D eigenvalue weighted by atomic mass is 16.6. The van der Waals surface area contributed by atoms with Crippen molar-refractivity contribution >= 4 is 17.3 Å². The van der Waals surface area contributed by atoms with E-state index in [0.717, 1.165) is 32.5 Å². The smallest absolute Gasteiger partial charge is 0.276 e. The summed E-state index contributed by atoms with van der Waals surface area (Å²) in [5, 5.41) is 14.0. The van der Waals surface area contributed by atoms with Gasteiger partial charge in [-0.25, -0.2) is 10.8 Å². The van der Waals surface area contributed by atoms with Gasteiger partial charge in [-0.15, -0.1) is 0 Å². The van der Waals surface area contributed by atoms with Crippen LogP contribution < -0.4 is 16.6 Å². The number of nitrogens with two attached hydrogens (primary N) is 1. The van der Waals surface area contributed by atoms with Crippen LogP contribution in [0.4, 0.5) is 17.3 Å². The number of pyridine rings is 1. The minimum absolute atomic E-state index is 0.0289. The van der Waals surface area contributed by atoms with Crippen molar-refractivity contribution in [1.29, 1.82) is 0 Å². The van der Waals surface area contributed by atoms with E-state index in [-0.39, 0.29) is 11.5 Å². The van der Waals surface area contributed by atoms with E-state index in [9.17, 15) is 10.1 Å². The molecular weight excluding hydrogens is 260 g/mol. The average molecular weight is 280 g/mol. The molecule has 110 valence electrons. The summed E-state index contributed by atoms with van der Waals surface area (Å²) in [7, 11) is 2.12. The van der Waals surface area contributed by atoms with Gasteiger partial charge in [-0.05, 0) is 38.9 Å². The highest BCUT2D eigenvalue weighted by Gasteiger charge is 2.17. The van der Waals surface area contributed by atoms with Crippen LogP contribution in [0.1, 0.15) is 12.8 Å². The molecule has 8 nitrogen and oxygen atoms in total. The number of piperidine rings is 1. The molecular formula is C12H20N6O2. The van der Waals surface area contributed by atoms with Crippen molar-refractivity contribution in [1.82, 2.24) is 9.88 Å². The molecule has 0 aliphatic carbocycles. The van der Waals surface area contributed by atoms with E-state index in [1.54, 1.807) is 0 Å². The van der Waals surface area contributed by atoms with Gasteiger partial charge in [0.25, 0.3) is 5.69 Å². The van der Waals surface area contributed by atoms with Gasteiger partial charge in [0.15, 0.2) is 0 Å². The van der Waals surface area contributed by atoms with Gasteiger partial charge in [-0.1, -0.05) is 0 Å². The summed E-state index contributed by atoms with van der Waals surface area (Å²) < 4.78 is 0. The molecule has 1 aliphatic heterocycles. The first kappa shape index (κ1) is 14.5. The Kier molecular flexibility index (Phi) is 4.70. The molecule has 0 saturated carbocycles. The number of hydrogen-bond acceptors (Lipinski definition) is 7. The van der Waals surface area contributed by atoms with Gasteiger partial charge in [0.2, 0.25) is 0 Å². The van der Waals surface area contributed by atoms with Crippen molar-refractivity contribution < 1.29 is 4.92 Å². The SMILES string of the molecule is CN1CCC(CNc2cc([N+](=O)[O-])cc(NN)n2)CC1. The number of nitrogens with one attached hydrogen (secondary N) is 2. The highest BCUT2D eigenvalue weighted by molar-refractivity contribution is 5.54. The molecule has 2 rings (SSSR count). The van der Waals surface area contributed by atoms with Crippen molar-refractivity contribution in [3.63, 3.8) is 0 Å². The molecule has 1 aromatic rings. The van der Waals surface area contributed by atoms with E-state index in [2.05, 4.69) is 27.7 Å². The Hall–Kier alpha value is -1.93. The second-order valence-corrected chi connectivity index (χ2v) is 5.12. The number of nitro groups is 1. The number of aromatic nitrogens is 1. The van der Waals surface area contributed by atoms with E-state index in [1.165, 1.54) is 12.1 Å². The van der Waals surface area contributed by atoms with Crippen LogP contribution in [0.3, 0.4) is 0 Å². The number of hydrogen-bond donors (Lipinski definition) is 3. The molecule has 0 amide bonds. The summed E-state index contributed by atoms with van der Waals surface area (Å²) in [5.41, 5.74) is 2.32. The molecule has 2 heterocycles. The number of anilines is 2. The lowest BCUT2D eigenvalue weighted by molar-refractivity contribution is -0.384. The standard InChI is InChI=1S/C12H20N6O2/c1-17-4-2-9(3-5-17)8-14-11-6-10(18(19)20)7-12(15-11)16-13/h6-7,9H,2-5,8,13H2,1H3,(H2,14,15,16). The third kappa shape index (κ3) is 3.78. The molecule has 0 atom stereocenters. The molecule has 0 unspecified atom stereocenters. The Morgan fingerprint density at radius 1 is 1.45 bits per heavy atom. The quantitative estimate of drug-likeness (QED) is 0.420. The summed E-state index contributed by atoms with van der Waals surface area (Å²) in [5.74, 6) is 6.60. The molecule has 0 radical (unpaired) electrons. The van der Waals surface area contributed by atoms with Crippen LogP contribution in [-0.4, -0.2) is 41.5 Å². The molecule has 1 aromatic heterocycles. The van der Waals surface area contributed by atoms with E-state index < -0.39 is 4.92 Å². The molecule has 0 spiro atoms.